The highest BCUT2D eigenvalue weighted by Gasteiger charge is 2.25. The maximum Gasteiger partial charge on any atom is 0.224 e. The van der Waals surface area contributed by atoms with Crippen molar-refractivity contribution in [3.8, 4) is 0 Å². The van der Waals surface area contributed by atoms with Crippen molar-refractivity contribution in [3.63, 3.8) is 0 Å². The molecule has 0 saturated carbocycles. The number of amides is 1. The molecule has 2 heterocycles. The van der Waals surface area contributed by atoms with Crippen LogP contribution in [0.1, 0.15) is 24.1 Å². The van der Waals surface area contributed by atoms with E-state index in [1.54, 1.807) is 0 Å². The number of carbonyl (C=O) groups is 1. The minimum atomic E-state index is 0. The number of nitrogens with one attached hydrogen (secondary N) is 1. The maximum absolute atomic E-state index is 12.0. The van der Waals surface area contributed by atoms with E-state index in [9.17, 15) is 4.79 Å². The van der Waals surface area contributed by atoms with Gasteiger partial charge in [0.1, 0.15) is 0 Å². The number of rotatable bonds is 5. The molecule has 0 spiro atoms. The Labute approximate surface area is 132 Å². The first-order valence-corrected chi connectivity index (χ1v) is 7.31. The summed E-state index contributed by atoms with van der Waals surface area (Å²) in [6.07, 6.45) is 3.86. The number of likely N-dealkylation sites (tertiary alicyclic amines) is 1. The van der Waals surface area contributed by atoms with Gasteiger partial charge < -0.3 is 11.1 Å². The Morgan fingerprint density at radius 3 is 3.10 bits per heavy atom. The van der Waals surface area contributed by atoms with Gasteiger partial charge in [-0.25, -0.2) is 0 Å². The molecule has 0 aromatic carbocycles. The summed E-state index contributed by atoms with van der Waals surface area (Å²) in [4.78, 5) is 18.7. The number of aromatic nitrogens is 1. The Kier molecular flexibility index (Phi) is 7.64. The number of aryl methyl sites for hydroxylation is 1. The Balaban J connectivity index is 0.00000220. The summed E-state index contributed by atoms with van der Waals surface area (Å²) in [6.45, 7) is 5.85. The molecule has 1 atom stereocenters. The number of carbonyl (C=O) groups excluding carboxylic acids is 1. The molecule has 1 fully saturated rings. The van der Waals surface area contributed by atoms with Crippen LogP contribution in [0.15, 0.2) is 18.3 Å². The van der Waals surface area contributed by atoms with Gasteiger partial charge in [-0.3, -0.25) is 14.7 Å². The average molecular weight is 313 g/mol. The normalized spacial score (nSPS) is 18.9. The number of hydrogen-bond donors (Lipinski definition) is 2. The van der Waals surface area contributed by atoms with Crippen LogP contribution in [0.2, 0.25) is 0 Å². The third kappa shape index (κ3) is 5.26. The average Bonchev–Trinajstić information content (AvgIpc) is 2.47. The quantitative estimate of drug-likeness (QED) is 0.854. The lowest BCUT2D eigenvalue weighted by Crippen LogP contribution is -2.43. The van der Waals surface area contributed by atoms with Gasteiger partial charge in [0.15, 0.2) is 0 Å². The number of halogens is 1. The van der Waals surface area contributed by atoms with Crippen LogP contribution in [0.3, 0.4) is 0 Å². The first kappa shape index (κ1) is 17.9. The Morgan fingerprint density at radius 2 is 2.38 bits per heavy atom. The zero-order valence-corrected chi connectivity index (χ0v) is 13.4. The molecular formula is C15H25ClN4O. The maximum atomic E-state index is 12.0. The van der Waals surface area contributed by atoms with Crippen LogP contribution >= 0.6 is 12.4 Å². The van der Waals surface area contributed by atoms with Crippen molar-refractivity contribution in [2.75, 3.05) is 26.2 Å². The Bertz CT molecular complexity index is 455. The van der Waals surface area contributed by atoms with Crippen LogP contribution in [0.4, 0.5) is 0 Å². The second-order valence-electron chi connectivity index (χ2n) is 5.40. The fourth-order valence-electron chi connectivity index (χ4n) is 2.68. The predicted molar refractivity (Wildman–Crippen MR) is 86.3 cm³/mol. The van der Waals surface area contributed by atoms with Gasteiger partial charge in [0.2, 0.25) is 5.91 Å². The first-order valence-electron chi connectivity index (χ1n) is 7.31. The highest BCUT2D eigenvalue weighted by atomic mass is 35.5. The summed E-state index contributed by atoms with van der Waals surface area (Å²) >= 11 is 0. The minimum absolute atomic E-state index is 0. The summed E-state index contributed by atoms with van der Waals surface area (Å²) in [5.41, 5.74) is 7.74. The summed E-state index contributed by atoms with van der Waals surface area (Å²) in [6, 6.07) is 4.08. The van der Waals surface area contributed by atoms with Crippen LogP contribution in [-0.2, 0) is 11.3 Å². The molecule has 1 aliphatic heterocycles. The third-order valence-electron chi connectivity index (χ3n) is 3.83. The molecule has 2 rings (SSSR count). The second-order valence-corrected chi connectivity index (χ2v) is 5.40. The standard InChI is InChI=1S/C15H24N4O.ClH/c1-12-13(4-2-7-17-12)10-19-9-3-5-14(11-19)15(20)18-8-6-16;/h2,4,7,14H,3,5-6,8-11,16H2,1H3,(H,18,20);1H. The smallest absolute Gasteiger partial charge is 0.224 e. The number of nitrogens with two attached hydrogens (primary N) is 1. The van der Waals surface area contributed by atoms with Crippen LogP contribution in [0.5, 0.6) is 0 Å². The number of nitrogens with zero attached hydrogens (tertiary/aromatic N) is 2. The predicted octanol–water partition coefficient (Wildman–Crippen LogP) is 1.10. The zero-order valence-electron chi connectivity index (χ0n) is 12.5. The van der Waals surface area contributed by atoms with E-state index in [4.69, 9.17) is 5.73 Å². The van der Waals surface area contributed by atoms with Crippen molar-refractivity contribution < 1.29 is 4.79 Å². The van der Waals surface area contributed by atoms with Crippen LogP contribution < -0.4 is 11.1 Å². The SMILES string of the molecule is Cc1ncccc1CN1CCCC(C(=O)NCCN)C1.Cl. The molecule has 1 unspecified atom stereocenters. The molecule has 1 aromatic heterocycles. The van der Waals surface area contributed by atoms with Gasteiger partial charge in [-0.05, 0) is 37.9 Å². The molecular weight excluding hydrogens is 288 g/mol. The van der Waals surface area contributed by atoms with Gasteiger partial charge in [0, 0.05) is 38.1 Å². The monoisotopic (exact) mass is 312 g/mol. The molecule has 0 radical (unpaired) electrons. The number of hydrogen-bond acceptors (Lipinski definition) is 4. The van der Waals surface area contributed by atoms with Gasteiger partial charge in [-0.1, -0.05) is 6.07 Å². The first-order chi connectivity index (χ1) is 9.70. The van der Waals surface area contributed by atoms with Crippen LogP contribution in [0.25, 0.3) is 0 Å². The van der Waals surface area contributed by atoms with E-state index in [0.717, 1.165) is 38.2 Å². The molecule has 1 amide bonds. The van der Waals surface area contributed by atoms with E-state index in [1.165, 1.54) is 5.56 Å². The van der Waals surface area contributed by atoms with Crippen molar-refractivity contribution in [1.82, 2.24) is 15.2 Å². The number of piperidine rings is 1. The van der Waals surface area contributed by atoms with E-state index >= 15 is 0 Å². The highest BCUT2D eigenvalue weighted by Crippen LogP contribution is 2.19. The summed E-state index contributed by atoms with van der Waals surface area (Å²) in [7, 11) is 0. The zero-order chi connectivity index (χ0) is 14.4. The lowest BCUT2D eigenvalue weighted by molar-refractivity contribution is -0.126. The summed E-state index contributed by atoms with van der Waals surface area (Å²) < 4.78 is 0. The molecule has 1 aliphatic rings. The fourth-order valence-corrected chi connectivity index (χ4v) is 2.68. The van der Waals surface area contributed by atoms with Crippen LogP contribution in [-0.4, -0.2) is 42.0 Å². The lowest BCUT2D eigenvalue weighted by Gasteiger charge is -2.32. The number of pyridine rings is 1. The molecule has 5 nitrogen and oxygen atoms in total. The van der Waals surface area contributed by atoms with Crippen molar-refractivity contribution in [3.05, 3.63) is 29.6 Å². The highest BCUT2D eigenvalue weighted by molar-refractivity contribution is 5.85. The fraction of sp³-hybridized carbons (Fsp3) is 0.600. The van der Waals surface area contributed by atoms with E-state index in [1.807, 2.05) is 19.2 Å². The topological polar surface area (TPSA) is 71.2 Å². The summed E-state index contributed by atoms with van der Waals surface area (Å²) in [5.74, 6) is 0.232. The lowest BCUT2D eigenvalue weighted by atomic mass is 9.96. The molecule has 6 heteroatoms. The largest absolute Gasteiger partial charge is 0.355 e. The van der Waals surface area contributed by atoms with E-state index in [-0.39, 0.29) is 24.2 Å². The summed E-state index contributed by atoms with van der Waals surface area (Å²) in [5, 5.41) is 2.89. The molecule has 1 aromatic rings. The molecule has 21 heavy (non-hydrogen) atoms. The molecule has 1 saturated heterocycles. The molecule has 3 N–H and O–H groups in total. The van der Waals surface area contributed by atoms with Crippen molar-refractivity contribution in [2.45, 2.75) is 26.3 Å². The Hall–Kier alpha value is -1.17. The van der Waals surface area contributed by atoms with Gasteiger partial charge in [-0.15, -0.1) is 12.4 Å². The van der Waals surface area contributed by atoms with E-state index in [2.05, 4.69) is 21.3 Å². The van der Waals surface area contributed by atoms with Gasteiger partial charge in [0.05, 0.1) is 5.92 Å². The van der Waals surface area contributed by atoms with Crippen molar-refractivity contribution in [1.29, 1.82) is 0 Å². The molecule has 0 bridgehead atoms. The molecule has 0 aliphatic carbocycles. The minimum Gasteiger partial charge on any atom is -0.355 e. The van der Waals surface area contributed by atoms with Crippen molar-refractivity contribution >= 4 is 18.3 Å². The van der Waals surface area contributed by atoms with E-state index < -0.39 is 0 Å². The van der Waals surface area contributed by atoms with Gasteiger partial charge >= 0.3 is 0 Å². The Morgan fingerprint density at radius 1 is 1.57 bits per heavy atom. The molecule has 118 valence electrons. The van der Waals surface area contributed by atoms with Gasteiger partial charge in [0.25, 0.3) is 0 Å². The second kappa shape index (κ2) is 8.97. The van der Waals surface area contributed by atoms with Crippen molar-refractivity contribution in [2.24, 2.45) is 11.7 Å². The van der Waals surface area contributed by atoms with Gasteiger partial charge in [-0.2, -0.15) is 0 Å². The van der Waals surface area contributed by atoms with Crippen LogP contribution in [0, 0.1) is 12.8 Å². The third-order valence-corrected chi connectivity index (χ3v) is 3.83. The van der Waals surface area contributed by atoms with E-state index in [0.29, 0.717) is 13.1 Å².